The number of unbranched alkanes of at least 4 members (excludes halogenated alkanes) is 5. The Morgan fingerprint density at radius 1 is 1.34 bits per heavy atom. The van der Waals surface area contributed by atoms with E-state index in [4.69, 9.17) is 19.9 Å². The second kappa shape index (κ2) is 11.4. The summed E-state index contributed by atoms with van der Waals surface area (Å²) in [5.41, 5.74) is 4.75. The van der Waals surface area contributed by atoms with Gasteiger partial charge in [-0.1, -0.05) is 39.0 Å². The first-order valence-corrected chi connectivity index (χ1v) is 9.85. The number of carbonyl (C=O) groups is 1. The fourth-order valence-corrected chi connectivity index (χ4v) is 3.11. The number of aliphatic hydroxyl groups excluding tert-OH is 1. The fraction of sp³-hybridized carbons (Fsp3) is 0.684. The van der Waals surface area contributed by atoms with E-state index in [0.29, 0.717) is 0 Å². The number of anilines is 1. The molecule has 0 aromatic carbocycles. The number of nitriles is 1. The Kier molecular flexibility index (Phi) is 8.89. The summed E-state index contributed by atoms with van der Waals surface area (Å²) in [5, 5.41) is 19.7. The minimum Gasteiger partial charge on any atom is -0.434 e. The number of aliphatic hydroxyl groups is 1. The summed E-state index contributed by atoms with van der Waals surface area (Å²) >= 11 is 0. The largest absolute Gasteiger partial charge is 0.508 e. The molecule has 1 saturated heterocycles. The van der Waals surface area contributed by atoms with Gasteiger partial charge in [0.25, 0.3) is 0 Å². The van der Waals surface area contributed by atoms with Gasteiger partial charge in [0.1, 0.15) is 30.6 Å². The molecule has 4 atom stereocenters. The van der Waals surface area contributed by atoms with Gasteiger partial charge in [-0.05, 0) is 12.5 Å². The third-order valence-corrected chi connectivity index (χ3v) is 4.73. The van der Waals surface area contributed by atoms with Crippen molar-refractivity contribution in [2.75, 3.05) is 18.9 Å². The fourth-order valence-electron chi connectivity index (χ4n) is 3.11. The van der Waals surface area contributed by atoms with E-state index in [2.05, 4.69) is 11.9 Å². The van der Waals surface area contributed by atoms with E-state index in [1.54, 1.807) is 0 Å². The molecule has 0 bridgehead atoms. The number of hydrogen-bond donors (Lipinski definition) is 2. The Morgan fingerprint density at radius 2 is 2.07 bits per heavy atom. The van der Waals surface area contributed by atoms with Gasteiger partial charge in [-0.15, -0.1) is 0 Å². The zero-order valence-electron chi connectivity index (χ0n) is 16.5. The lowest BCUT2D eigenvalue weighted by atomic mass is 10.0. The molecule has 0 unspecified atom stereocenters. The molecule has 1 fully saturated rings. The van der Waals surface area contributed by atoms with Gasteiger partial charge in [-0.25, -0.2) is 9.59 Å². The molecule has 1 aromatic heterocycles. The highest BCUT2D eigenvalue weighted by molar-refractivity contribution is 5.59. The molecular formula is C19H28N4O6. The van der Waals surface area contributed by atoms with Gasteiger partial charge in [0.05, 0.1) is 12.7 Å². The molecule has 0 spiro atoms. The van der Waals surface area contributed by atoms with Crippen LogP contribution in [0.5, 0.6) is 0 Å². The number of hydrogen-bond acceptors (Lipinski definition) is 9. The molecule has 3 N–H and O–H groups in total. The van der Waals surface area contributed by atoms with Crippen LogP contribution < -0.4 is 11.4 Å². The van der Waals surface area contributed by atoms with E-state index >= 15 is 0 Å². The molecule has 2 rings (SSSR count). The van der Waals surface area contributed by atoms with Crippen molar-refractivity contribution in [2.45, 2.75) is 63.9 Å². The Morgan fingerprint density at radius 3 is 2.76 bits per heavy atom. The van der Waals surface area contributed by atoms with Gasteiger partial charge in [0.2, 0.25) is 0 Å². The van der Waals surface area contributed by atoms with Crippen molar-refractivity contribution >= 4 is 12.0 Å². The molecule has 29 heavy (non-hydrogen) atoms. The number of ether oxygens (including phenoxy) is 3. The van der Waals surface area contributed by atoms with E-state index < -0.39 is 36.2 Å². The Bertz CT molecular complexity index is 762. The van der Waals surface area contributed by atoms with E-state index in [0.717, 1.165) is 23.8 Å². The molecule has 1 aliphatic rings. The minimum absolute atomic E-state index is 0.0336. The number of rotatable bonds is 10. The lowest BCUT2D eigenvalue weighted by Crippen LogP contribution is -2.32. The van der Waals surface area contributed by atoms with Crippen molar-refractivity contribution in [2.24, 2.45) is 5.92 Å². The quantitative estimate of drug-likeness (QED) is 0.436. The lowest BCUT2D eigenvalue weighted by molar-refractivity contribution is -0.0595. The normalized spacial score (nSPS) is 23.5. The van der Waals surface area contributed by atoms with Crippen LogP contribution >= 0.6 is 0 Å². The lowest BCUT2D eigenvalue weighted by Gasteiger charge is -2.16. The zero-order valence-corrected chi connectivity index (χ0v) is 16.5. The van der Waals surface area contributed by atoms with E-state index in [1.807, 2.05) is 6.07 Å². The monoisotopic (exact) mass is 408 g/mol. The van der Waals surface area contributed by atoms with Gasteiger partial charge in [0.15, 0.2) is 6.23 Å². The average Bonchev–Trinajstić information content (AvgIpc) is 3.01. The topological polar surface area (TPSA) is 150 Å². The maximum Gasteiger partial charge on any atom is 0.508 e. The summed E-state index contributed by atoms with van der Waals surface area (Å²) in [6.07, 6.45) is 3.57. The molecule has 10 heteroatoms. The van der Waals surface area contributed by atoms with Crippen LogP contribution in [0.3, 0.4) is 0 Å². The first kappa shape index (κ1) is 22.6. The molecule has 0 radical (unpaired) electrons. The molecular weight excluding hydrogens is 380 g/mol. The van der Waals surface area contributed by atoms with E-state index in [9.17, 15) is 20.0 Å². The predicted molar refractivity (Wildman–Crippen MR) is 103 cm³/mol. The Labute approximate surface area is 169 Å². The average molecular weight is 408 g/mol. The standard InChI is InChI=1S/C19H28N4O6/c1-2-3-4-5-6-7-10-27-19(26)28-12-14-16(24)13(11-20)17(29-14)23-9-8-15(21)22-18(23)25/h8-9,13-14,16-17,24H,2-7,10,12H2,1H3,(H2,21,22,25)/t13-,14+,16-,17+/m0/s1. The van der Waals surface area contributed by atoms with Crippen molar-refractivity contribution < 1.29 is 24.1 Å². The van der Waals surface area contributed by atoms with Gasteiger partial charge in [-0.2, -0.15) is 10.2 Å². The number of nitrogens with two attached hydrogens (primary N) is 1. The summed E-state index contributed by atoms with van der Waals surface area (Å²) in [5.74, 6) is -1.00. The molecule has 1 aliphatic heterocycles. The maximum absolute atomic E-state index is 12.0. The van der Waals surface area contributed by atoms with Crippen molar-refractivity contribution in [3.05, 3.63) is 22.7 Å². The van der Waals surface area contributed by atoms with Crippen molar-refractivity contribution in [1.29, 1.82) is 5.26 Å². The highest BCUT2D eigenvalue weighted by Gasteiger charge is 2.46. The van der Waals surface area contributed by atoms with Crippen LogP contribution in [0.4, 0.5) is 10.6 Å². The summed E-state index contributed by atoms with van der Waals surface area (Å²) in [7, 11) is 0. The third-order valence-electron chi connectivity index (χ3n) is 4.73. The van der Waals surface area contributed by atoms with Crippen molar-refractivity contribution in [1.82, 2.24) is 9.55 Å². The van der Waals surface area contributed by atoms with Crippen LogP contribution in [0, 0.1) is 17.2 Å². The highest BCUT2D eigenvalue weighted by Crippen LogP contribution is 2.33. The highest BCUT2D eigenvalue weighted by atomic mass is 16.7. The second-order valence-electron chi connectivity index (χ2n) is 6.93. The predicted octanol–water partition coefficient (Wildman–Crippen LogP) is 1.74. The van der Waals surface area contributed by atoms with E-state index in [1.165, 1.54) is 31.5 Å². The summed E-state index contributed by atoms with van der Waals surface area (Å²) < 4.78 is 16.7. The van der Waals surface area contributed by atoms with Gasteiger partial charge in [-0.3, -0.25) is 4.57 Å². The SMILES string of the molecule is CCCCCCCCOC(=O)OC[C@H]1O[C@@H](n2ccc(N)nc2=O)[C@@H](C#N)[C@@H]1O. The number of nitrogens with zero attached hydrogens (tertiary/aromatic N) is 3. The minimum atomic E-state index is -1.25. The van der Waals surface area contributed by atoms with Crippen LogP contribution in [0.25, 0.3) is 0 Å². The van der Waals surface area contributed by atoms with Crippen LogP contribution in [0.2, 0.25) is 0 Å². The molecule has 2 heterocycles. The number of nitrogen functional groups attached to an aromatic ring is 1. The second-order valence-corrected chi connectivity index (χ2v) is 6.93. The van der Waals surface area contributed by atoms with E-state index in [-0.39, 0.29) is 19.0 Å². The van der Waals surface area contributed by atoms with Crippen LogP contribution in [-0.2, 0) is 14.2 Å². The van der Waals surface area contributed by atoms with Crippen LogP contribution in [0.15, 0.2) is 17.1 Å². The van der Waals surface area contributed by atoms with Gasteiger partial charge in [0, 0.05) is 6.20 Å². The first-order valence-electron chi connectivity index (χ1n) is 9.85. The molecule has 10 nitrogen and oxygen atoms in total. The maximum atomic E-state index is 12.0. The van der Waals surface area contributed by atoms with Crippen LogP contribution in [-0.4, -0.2) is 46.2 Å². The summed E-state index contributed by atoms with van der Waals surface area (Å²) in [6.45, 7) is 2.10. The summed E-state index contributed by atoms with van der Waals surface area (Å²) in [6, 6.07) is 3.30. The first-order chi connectivity index (χ1) is 14.0. The molecule has 0 saturated carbocycles. The zero-order chi connectivity index (χ0) is 21.2. The van der Waals surface area contributed by atoms with Crippen LogP contribution in [0.1, 0.15) is 51.7 Å². The number of aromatic nitrogens is 2. The smallest absolute Gasteiger partial charge is 0.434 e. The molecule has 0 aliphatic carbocycles. The van der Waals surface area contributed by atoms with Crippen molar-refractivity contribution in [3.8, 4) is 6.07 Å². The van der Waals surface area contributed by atoms with Gasteiger partial charge >= 0.3 is 11.8 Å². The Hall–Kier alpha value is -2.64. The van der Waals surface area contributed by atoms with Gasteiger partial charge < -0.3 is 25.1 Å². The third kappa shape index (κ3) is 6.44. The number of carbonyl (C=O) groups excluding carboxylic acids is 1. The molecule has 160 valence electrons. The molecule has 0 amide bonds. The Balaban J connectivity index is 1.80. The molecule has 1 aromatic rings. The summed E-state index contributed by atoms with van der Waals surface area (Å²) in [4.78, 5) is 27.3. The van der Waals surface area contributed by atoms with Crippen molar-refractivity contribution in [3.63, 3.8) is 0 Å².